The van der Waals surface area contributed by atoms with Crippen LogP contribution in [0.4, 0.5) is 0 Å². The lowest BCUT2D eigenvalue weighted by Gasteiger charge is -2.15. The van der Waals surface area contributed by atoms with E-state index in [2.05, 4.69) is 48.2 Å². The summed E-state index contributed by atoms with van der Waals surface area (Å²) in [6.45, 7) is 5.42. The van der Waals surface area contributed by atoms with Crippen LogP contribution in [0.5, 0.6) is 5.75 Å². The van der Waals surface area contributed by atoms with Crippen molar-refractivity contribution in [2.24, 2.45) is 0 Å². The first-order valence-electron chi connectivity index (χ1n) is 11.8. The third-order valence-electron chi connectivity index (χ3n) is 5.69. The normalized spacial score (nSPS) is 11.8. The van der Waals surface area contributed by atoms with E-state index in [1.807, 2.05) is 6.07 Å². The van der Waals surface area contributed by atoms with Gasteiger partial charge in [-0.2, -0.15) is 0 Å². The van der Waals surface area contributed by atoms with Crippen LogP contribution in [-0.4, -0.2) is 43.9 Å². The first-order valence-corrected chi connectivity index (χ1v) is 12.6. The second kappa shape index (κ2) is 14.7. The van der Waals surface area contributed by atoms with Crippen molar-refractivity contribution in [2.45, 2.75) is 64.7 Å². The molecule has 0 saturated carbocycles. The number of thiophene rings is 1. The molecule has 0 spiro atoms. The number of methoxy groups -OCH3 is 1. The van der Waals surface area contributed by atoms with Crippen LogP contribution in [0.2, 0.25) is 0 Å². The minimum Gasteiger partial charge on any atom is -0.493 e. The van der Waals surface area contributed by atoms with Crippen molar-refractivity contribution in [1.29, 1.82) is 0 Å². The van der Waals surface area contributed by atoms with E-state index in [1.54, 1.807) is 0 Å². The van der Waals surface area contributed by atoms with Gasteiger partial charge >= 0.3 is 5.97 Å². The highest BCUT2D eigenvalue weighted by molar-refractivity contribution is 7.14. The molecule has 2 rings (SSSR count). The number of nitrogens with one attached hydrogen (secondary N) is 1. The number of hydrogen-bond acceptors (Lipinski definition) is 6. The molecule has 182 valence electrons. The molecule has 0 bridgehead atoms. The molecule has 0 fully saturated rings. The lowest BCUT2D eigenvalue weighted by atomic mass is 9.94. The highest BCUT2D eigenvalue weighted by Crippen LogP contribution is 2.32. The quantitative estimate of drug-likeness (QED) is 0.283. The van der Waals surface area contributed by atoms with Crippen molar-refractivity contribution in [3.8, 4) is 5.75 Å². The Morgan fingerprint density at radius 2 is 1.97 bits per heavy atom. The third kappa shape index (κ3) is 8.82. The van der Waals surface area contributed by atoms with E-state index in [9.17, 15) is 9.59 Å². The fraction of sp³-hybridized carbons (Fsp3) is 0.538. The van der Waals surface area contributed by atoms with Crippen molar-refractivity contribution in [3.63, 3.8) is 0 Å². The number of aliphatic hydroxyl groups excluding tert-OH is 1. The Balaban J connectivity index is 1.92. The van der Waals surface area contributed by atoms with Gasteiger partial charge in [-0.15, -0.1) is 11.3 Å². The summed E-state index contributed by atoms with van der Waals surface area (Å²) in [5.74, 6) is 0.853. The Morgan fingerprint density at radius 3 is 2.67 bits per heavy atom. The molecule has 1 unspecified atom stereocenters. The van der Waals surface area contributed by atoms with Crippen molar-refractivity contribution in [1.82, 2.24) is 5.32 Å². The summed E-state index contributed by atoms with van der Waals surface area (Å²) < 4.78 is 10.5. The Hall–Kier alpha value is -2.38. The van der Waals surface area contributed by atoms with E-state index in [4.69, 9.17) is 9.84 Å². The van der Waals surface area contributed by atoms with Gasteiger partial charge in [-0.1, -0.05) is 26.0 Å². The Labute approximate surface area is 201 Å². The molecule has 1 amide bonds. The van der Waals surface area contributed by atoms with Gasteiger partial charge in [0.2, 0.25) is 0 Å². The molecule has 6 nitrogen and oxygen atoms in total. The molecule has 1 atom stereocenters. The van der Waals surface area contributed by atoms with Gasteiger partial charge < -0.3 is 19.9 Å². The number of carbonyl (C=O) groups is 2. The van der Waals surface area contributed by atoms with Crippen LogP contribution in [0.15, 0.2) is 30.3 Å². The molecular formula is C26H37NO5S. The van der Waals surface area contributed by atoms with Gasteiger partial charge in [0.15, 0.2) is 0 Å². The summed E-state index contributed by atoms with van der Waals surface area (Å²) >= 11 is 1.53. The highest BCUT2D eigenvalue weighted by Gasteiger charge is 2.16. The van der Waals surface area contributed by atoms with Crippen molar-refractivity contribution < 1.29 is 24.2 Å². The van der Waals surface area contributed by atoms with Crippen LogP contribution < -0.4 is 10.1 Å². The average molecular weight is 476 g/mol. The molecule has 2 N–H and O–H groups in total. The van der Waals surface area contributed by atoms with Crippen LogP contribution >= 0.6 is 11.3 Å². The van der Waals surface area contributed by atoms with Gasteiger partial charge in [0.25, 0.3) is 5.91 Å². The predicted octanol–water partition coefficient (Wildman–Crippen LogP) is 4.88. The van der Waals surface area contributed by atoms with Crippen LogP contribution in [-0.2, 0) is 22.4 Å². The molecule has 1 heterocycles. The Kier molecular flexibility index (Phi) is 12.0. The molecule has 1 aromatic carbocycles. The summed E-state index contributed by atoms with van der Waals surface area (Å²) in [6, 6.07) is 10.4. The topological polar surface area (TPSA) is 84.9 Å². The minimum absolute atomic E-state index is 0.146. The second-order valence-electron chi connectivity index (χ2n) is 8.00. The molecule has 0 radical (unpaired) electrons. The molecule has 7 heteroatoms. The first kappa shape index (κ1) is 26.9. The van der Waals surface area contributed by atoms with E-state index in [-0.39, 0.29) is 31.4 Å². The smallest absolute Gasteiger partial charge is 0.307 e. The summed E-state index contributed by atoms with van der Waals surface area (Å²) in [5.41, 5.74) is 2.51. The SMILES string of the molecule is CCc1cc(CCC(CC)c2ccc(C(=O)NCCC(=O)OC)s2)ccc1OCCCCO. The van der Waals surface area contributed by atoms with Crippen LogP contribution in [0, 0.1) is 0 Å². The van der Waals surface area contributed by atoms with E-state index in [1.165, 1.54) is 34.5 Å². The maximum atomic E-state index is 12.4. The van der Waals surface area contributed by atoms with E-state index < -0.39 is 0 Å². The molecule has 0 aliphatic heterocycles. The molecule has 0 saturated heterocycles. The van der Waals surface area contributed by atoms with Gasteiger partial charge in [-0.05, 0) is 73.8 Å². The zero-order valence-electron chi connectivity index (χ0n) is 20.0. The number of esters is 1. The van der Waals surface area contributed by atoms with Crippen molar-refractivity contribution in [3.05, 3.63) is 51.2 Å². The standard InChI is InChI=1S/C26H37NO5S/c1-4-20(23-12-13-24(33-23)26(30)27-15-14-25(29)31-3)10-8-19-9-11-22(21(5-2)18-19)32-17-7-6-16-28/h9,11-13,18,20,28H,4-8,10,14-17H2,1-3H3,(H,27,30). The molecule has 0 aliphatic carbocycles. The number of amides is 1. The summed E-state index contributed by atoms with van der Waals surface area (Å²) in [5, 5.41) is 11.7. The third-order valence-corrected chi connectivity index (χ3v) is 6.93. The van der Waals surface area contributed by atoms with Gasteiger partial charge in [-0.3, -0.25) is 9.59 Å². The van der Waals surface area contributed by atoms with Gasteiger partial charge in [0.05, 0.1) is 25.0 Å². The maximum absolute atomic E-state index is 12.4. The minimum atomic E-state index is -0.333. The maximum Gasteiger partial charge on any atom is 0.307 e. The zero-order valence-corrected chi connectivity index (χ0v) is 20.8. The van der Waals surface area contributed by atoms with Crippen LogP contribution in [0.1, 0.15) is 77.5 Å². The van der Waals surface area contributed by atoms with E-state index >= 15 is 0 Å². The summed E-state index contributed by atoms with van der Waals surface area (Å²) in [7, 11) is 1.34. The molecule has 33 heavy (non-hydrogen) atoms. The zero-order chi connectivity index (χ0) is 24.1. The number of unbranched alkanes of at least 4 members (excludes halogenated alkanes) is 1. The summed E-state index contributed by atoms with van der Waals surface area (Å²) in [4.78, 5) is 25.4. The molecule has 0 aliphatic rings. The van der Waals surface area contributed by atoms with Gasteiger partial charge in [-0.25, -0.2) is 0 Å². The molecule has 2 aromatic rings. The van der Waals surface area contributed by atoms with Gasteiger partial charge in [0.1, 0.15) is 5.75 Å². The number of ether oxygens (including phenoxy) is 2. The number of rotatable bonds is 15. The Bertz CT molecular complexity index is 879. The van der Waals surface area contributed by atoms with Gasteiger partial charge in [0, 0.05) is 18.0 Å². The monoisotopic (exact) mass is 475 g/mol. The van der Waals surface area contributed by atoms with Crippen LogP contribution in [0.25, 0.3) is 0 Å². The predicted molar refractivity (Wildman–Crippen MR) is 132 cm³/mol. The van der Waals surface area contributed by atoms with Crippen molar-refractivity contribution in [2.75, 3.05) is 26.9 Å². The Morgan fingerprint density at radius 1 is 1.15 bits per heavy atom. The second-order valence-corrected chi connectivity index (χ2v) is 9.12. The number of carbonyl (C=O) groups excluding carboxylic acids is 2. The van der Waals surface area contributed by atoms with Crippen LogP contribution in [0.3, 0.4) is 0 Å². The fourth-order valence-electron chi connectivity index (χ4n) is 3.65. The fourth-order valence-corrected chi connectivity index (χ4v) is 4.79. The molecular weight excluding hydrogens is 438 g/mol. The van der Waals surface area contributed by atoms with E-state index in [0.717, 1.165) is 44.3 Å². The lowest BCUT2D eigenvalue weighted by molar-refractivity contribution is -0.140. The molecule has 1 aromatic heterocycles. The largest absolute Gasteiger partial charge is 0.493 e. The average Bonchev–Trinajstić information content (AvgIpc) is 3.32. The number of hydrogen-bond donors (Lipinski definition) is 2. The van der Waals surface area contributed by atoms with E-state index in [0.29, 0.717) is 17.4 Å². The highest BCUT2D eigenvalue weighted by atomic mass is 32.1. The number of benzene rings is 1. The first-order chi connectivity index (χ1) is 16.0. The lowest BCUT2D eigenvalue weighted by Crippen LogP contribution is -2.25. The van der Waals surface area contributed by atoms with Crippen molar-refractivity contribution >= 4 is 23.2 Å². The number of aliphatic hydroxyl groups is 1. The number of aryl methyl sites for hydroxylation is 2. The summed E-state index contributed by atoms with van der Waals surface area (Å²) in [6.07, 6.45) is 5.69.